The highest BCUT2D eigenvalue weighted by Gasteiger charge is 2.21. The Morgan fingerprint density at radius 2 is 1.91 bits per heavy atom. The van der Waals surface area contributed by atoms with Gasteiger partial charge >= 0.3 is 0 Å². The van der Waals surface area contributed by atoms with E-state index < -0.39 is 0 Å². The lowest BCUT2D eigenvalue weighted by atomic mass is 10.1. The Bertz CT molecular complexity index is 1070. The van der Waals surface area contributed by atoms with Gasteiger partial charge in [0.2, 0.25) is 11.8 Å². The Morgan fingerprint density at radius 1 is 1.12 bits per heavy atom. The highest BCUT2D eigenvalue weighted by Crippen LogP contribution is 2.21. The van der Waals surface area contributed by atoms with Crippen LogP contribution >= 0.6 is 0 Å². The maximum Gasteiger partial charge on any atom is 0.227 e. The maximum absolute atomic E-state index is 11.9. The van der Waals surface area contributed by atoms with E-state index in [9.17, 15) is 4.79 Å². The average molecular weight is 432 g/mol. The van der Waals surface area contributed by atoms with Crippen LogP contribution in [0.5, 0.6) is 0 Å². The van der Waals surface area contributed by atoms with Crippen molar-refractivity contribution in [2.24, 2.45) is 4.99 Å². The van der Waals surface area contributed by atoms with E-state index in [2.05, 4.69) is 39.7 Å². The second kappa shape index (κ2) is 10.1. The van der Waals surface area contributed by atoms with Crippen molar-refractivity contribution in [3.8, 4) is 11.5 Å². The van der Waals surface area contributed by atoms with Crippen molar-refractivity contribution in [3.63, 3.8) is 0 Å². The summed E-state index contributed by atoms with van der Waals surface area (Å²) in [5.74, 6) is 1.58. The molecule has 0 aliphatic carbocycles. The minimum atomic E-state index is 0.207. The third-order valence-corrected chi connectivity index (χ3v) is 5.53. The van der Waals surface area contributed by atoms with Crippen LogP contribution in [0.3, 0.4) is 0 Å². The molecule has 2 heterocycles. The number of amides is 1. The smallest absolute Gasteiger partial charge is 0.227 e. The van der Waals surface area contributed by atoms with Gasteiger partial charge in [0.05, 0.1) is 5.69 Å². The largest absolute Gasteiger partial charge is 0.444 e. The van der Waals surface area contributed by atoms with Crippen molar-refractivity contribution in [2.75, 3.05) is 25.0 Å². The van der Waals surface area contributed by atoms with Gasteiger partial charge < -0.3 is 20.0 Å². The van der Waals surface area contributed by atoms with Gasteiger partial charge in [-0.2, -0.15) is 0 Å². The quantitative estimate of drug-likeness (QED) is 0.440. The standard InChI is InChI=1S/C25H29N5O2/c1-18-5-9-20(10-6-18)24-29-21(17-32-24)13-14-27-25(26-2)28-16-19-7-11-22(12-8-19)30-15-3-4-23(30)31/h5-12,17H,3-4,13-16H2,1-2H3,(H2,26,27,28). The minimum Gasteiger partial charge on any atom is -0.444 e. The summed E-state index contributed by atoms with van der Waals surface area (Å²) >= 11 is 0. The van der Waals surface area contributed by atoms with Crippen LogP contribution in [0, 0.1) is 6.92 Å². The first-order valence-electron chi connectivity index (χ1n) is 11.0. The van der Waals surface area contributed by atoms with E-state index in [1.54, 1.807) is 13.3 Å². The van der Waals surface area contributed by atoms with Crippen molar-refractivity contribution in [1.82, 2.24) is 15.6 Å². The van der Waals surface area contributed by atoms with E-state index in [0.717, 1.165) is 47.9 Å². The zero-order chi connectivity index (χ0) is 22.3. The van der Waals surface area contributed by atoms with Gasteiger partial charge in [-0.15, -0.1) is 0 Å². The van der Waals surface area contributed by atoms with Gasteiger partial charge in [0, 0.05) is 50.8 Å². The Labute approximate surface area is 188 Å². The third kappa shape index (κ3) is 5.35. The van der Waals surface area contributed by atoms with Crippen LogP contribution in [-0.2, 0) is 17.8 Å². The molecule has 1 aromatic heterocycles. The highest BCUT2D eigenvalue weighted by molar-refractivity contribution is 5.95. The Morgan fingerprint density at radius 3 is 2.59 bits per heavy atom. The molecule has 1 aliphatic heterocycles. The average Bonchev–Trinajstić information content (AvgIpc) is 3.46. The number of rotatable bonds is 7. The number of nitrogens with zero attached hydrogens (tertiary/aromatic N) is 3. The van der Waals surface area contributed by atoms with Gasteiger partial charge in [-0.25, -0.2) is 4.98 Å². The predicted octanol–water partition coefficient (Wildman–Crippen LogP) is 3.68. The van der Waals surface area contributed by atoms with E-state index in [-0.39, 0.29) is 5.91 Å². The summed E-state index contributed by atoms with van der Waals surface area (Å²) in [6.45, 7) is 4.21. The van der Waals surface area contributed by atoms with E-state index in [0.29, 0.717) is 25.4 Å². The molecule has 166 valence electrons. The van der Waals surface area contributed by atoms with Gasteiger partial charge in [-0.1, -0.05) is 29.8 Å². The van der Waals surface area contributed by atoms with Gasteiger partial charge in [0.25, 0.3) is 0 Å². The molecule has 1 saturated heterocycles. The number of aliphatic imine (C=N–C) groups is 1. The van der Waals surface area contributed by atoms with Gasteiger partial charge in [-0.05, 0) is 43.2 Å². The number of aromatic nitrogens is 1. The fourth-order valence-corrected chi connectivity index (χ4v) is 3.68. The number of nitrogens with one attached hydrogen (secondary N) is 2. The van der Waals surface area contributed by atoms with Crippen LogP contribution in [0.15, 0.2) is 64.2 Å². The second-order valence-electron chi connectivity index (χ2n) is 7.93. The summed E-state index contributed by atoms with van der Waals surface area (Å²) in [7, 11) is 1.75. The molecule has 7 heteroatoms. The Hall–Kier alpha value is -3.61. The molecule has 1 fully saturated rings. The number of guanidine groups is 1. The summed E-state index contributed by atoms with van der Waals surface area (Å²) < 4.78 is 5.62. The SMILES string of the molecule is CN=C(NCCc1coc(-c2ccc(C)cc2)n1)NCc1ccc(N2CCCC2=O)cc1. The topological polar surface area (TPSA) is 82.8 Å². The van der Waals surface area contributed by atoms with Crippen LogP contribution in [0.25, 0.3) is 11.5 Å². The molecular formula is C25H29N5O2. The normalized spacial score (nSPS) is 14.1. The molecule has 1 aliphatic rings. The molecule has 0 atom stereocenters. The predicted molar refractivity (Wildman–Crippen MR) is 127 cm³/mol. The number of aryl methyl sites for hydroxylation is 1. The molecule has 1 amide bonds. The number of hydrogen-bond acceptors (Lipinski definition) is 4. The Kier molecular flexibility index (Phi) is 6.84. The first-order chi connectivity index (χ1) is 15.6. The van der Waals surface area contributed by atoms with Crippen molar-refractivity contribution in [1.29, 1.82) is 0 Å². The lowest BCUT2D eigenvalue weighted by Crippen LogP contribution is -2.37. The Balaban J connectivity index is 1.23. The zero-order valence-corrected chi connectivity index (χ0v) is 18.6. The van der Waals surface area contributed by atoms with E-state index >= 15 is 0 Å². The molecule has 2 N–H and O–H groups in total. The monoisotopic (exact) mass is 431 g/mol. The number of oxazole rings is 1. The molecule has 4 rings (SSSR count). The van der Waals surface area contributed by atoms with Gasteiger partial charge in [0.1, 0.15) is 6.26 Å². The number of carbonyl (C=O) groups is 1. The molecule has 0 radical (unpaired) electrons. The van der Waals surface area contributed by atoms with E-state index in [1.807, 2.05) is 41.3 Å². The third-order valence-electron chi connectivity index (χ3n) is 5.53. The molecule has 3 aromatic rings. The summed E-state index contributed by atoms with van der Waals surface area (Å²) in [4.78, 5) is 22.6. The first-order valence-corrected chi connectivity index (χ1v) is 11.0. The highest BCUT2D eigenvalue weighted by atomic mass is 16.3. The maximum atomic E-state index is 11.9. The fourth-order valence-electron chi connectivity index (χ4n) is 3.68. The summed E-state index contributed by atoms with van der Waals surface area (Å²) in [5, 5.41) is 6.63. The number of benzene rings is 2. The summed E-state index contributed by atoms with van der Waals surface area (Å²) in [6.07, 6.45) is 4.02. The molecular weight excluding hydrogens is 402 g/mol. The lowest BCUT2D eigenvalue weighted by molar-refractivity contribution is -0.117. The summed E-state index contributed by atoms with van der Waals surface area (Å²) in [5.41, 5.74) is 5.18. The molecule has 0 spiro atoms. The van der Waals surface area contributed by atoms with E-state index in [1.165, 1.54) is 5.56 Å². The van der Waals surface area contributed by atoms with E-state index in [4.69, 9.17) is 4.42 Å². The summed E-state index contributed by atoms with van der Waals surface area (Å²) in [6, 6.07) is 16.2. The number of hydrogen-bond donors (Lipinski definition) is 2. The molecule has 0 bridgehead atoms. The molecule has 2 aromatic carbocycles. The lowest BCUT2D eigenvalue weighted by Gasteiger charge is -2.16. The van der Waals surface area contributed by atoms with Crippen LogP contribution in [0.2, 0.25) is 0 Å². The molecule has 7 nitrogen and oxygen atoms in total. The van der Waals surface area contributed by atoms with Crippen molar-refractivity contribution in [3.05, 3.63) is 71.6 Å². The molecule has 32 heavy (non-hydrogen) atoms. The van der Waals surface area contributed by atoms with Crippen LogP contribution < -0.4 is 15.5 Å². The molecule has 0 saturated carbocycles. The fraction of sp³-hybridized carbons (Fsp3) is 0.320. The van der Waals surface area contributed by atoms with Crippen LogP contribution in [-0.4, -0.2) is 37.0 Å². The number of carbonyl (C=O) groups excluding carboxylic acids is 1. The van der Waals surface area contributed by atoms with Crippen molar-refractivity contribution >= 4 is 17.6 Å². The van der Waals surface area contributed by atoms with Crippen molar-refractivity contribution in [2.45, 2.75) is 32.7 Å². The van der Waals surface area contributed by atoms with Crippen molar-refractivity contribution < 1.29 is 9.21 Å². The minimum absolute atomic E-state index is 0.207. The first kappa shape index (κ1) is 21.6. The van der Waals surface area contributed by atoms with Crippen LogP contribution in [0.1, 0.15) is 29.7 Å². The molecule has 0 unspecified atom stereocenters. The van der Waals surface area contributed by atoms with Gasteiger partial charge in [-0.3, -0.25) is 9.79 Å². The number of anilines is 1. The second-order valence-corrected chi connectivity index (χ2v) is 7.93. The zero-order valence-electron chi connectivity index (χ0n) is 18.6. The van der Waals surface area contributed by atoms with Crippen LogP contribution in [0.4, 0.5) is 5.69 Å². The van der Waals surface area contributed by atoms with Gasteiger partial charge in [0.15, 0.2) is 5.96 Å².